The third-order valence-electron chi connectivity index (χ3n) is 6.06. The van der Waals surface area contributed by atoms with Gasteiger partial charge in [-0.15, -0.1) is 0 Å². The van der Waals surface area contributed by atoms with E-state index in [0.717, 1.165) is 23.4 Å². The van der Waals surface area contributed by atoms with E-state index in [2.05, 4.69) is 54.3 Å². The molecule has 2 nitrogen and oxygen atoms in total. The van der Waals surface area contributed by atoms with Gasteiger partial charge >= 0.3 is 0 Å². The molecule has 112 valence electrons. The van der Waals surface area contributed by atoms with Gasteiger partial charge in [-0.25, -0.2) is 0 Å². The summed E-state index contributed by atoms with van der Waals surface area (Å²) in [4.78, 5) is 6.51. The Morgan fingerprint density at radius 3 is 2.30 bits per heavy atom. The molecular weight excluding hydrogens is 260 g/mol. The van der Waals surface area contributed by atoms with Gasteiger partial charge < -0.3 is 4.98 Å². The van der Waals surface area contributed by atoms with E-state index in [4.69, 9.17) is 0 Å². The summed E-state index contributed by atoms with van der Waals surface area (Å²) in [6.07, 6.45) is 15.2. The van der Waals surface area contributed by atoms with Crippen LogP contribution < -0.4 is 4.98 Å². The van der Waals surface area contributed by atoms with Crippen molar-refractivity contribution in [2.24, 2.45) is 11.8 Å². The summed E-state index contributed by atoms with van der Waals surface area (Å²) in [5, 5.41) is 0. The van der Waals surface area contributed by atoms with E-state index in [0.29, 0.717) is 0 Å². The van der Waals surface area contributed by atoms with Crippen LogP contribution in [-0.2, 0) is 0 Å². The van der Waals surface area contributed by atoms with Crippen LogP contribution in [0.3, 0.4) is 0 Å². The fraction of sp³-hybridized carbons (Fsp3) is 0.765. The second-order valence-corrected chi connectivity index (χ2v) is 12.1. The number of nitrogens with zero attached hydrogens (tertiary/aromatic N) is 1. The molecule has 0 radical (unpaired) electrons. The van der Waals surface area contributed by atoms with Crippen LogP contribution in [0.4, 0.5) is 0 Å². The first-order valence-corrected chi connectivity index (χ1v) is 11.5. The Balaban J connectivity index is 1.82. The number of hydrogen-bond donors (Lipinski definition) is 1. The fourth-order valence-corrected chi connectivity index (χ4v) is 7.10. The molecule has 0 amide bonds. The van der Waals surface area contributed by atoms with Crippen LogP contribution >= 0.6 is 0 Å². The number of rotatable bonds is 3. The van der Waals surface area contributed by atoms with Crippen molar-refractivity contribution < 1.29 is 0 Å². The van der Waals surface area contributed by atoms with Crippen molar-refractivity contribution >= 4 is 8.24 Å². The van der Waals surface area contributed by atoms with Gasteiger partial charge in [0.1, 0.15) is 8.24 Å². The fourth-order valence-electron chi connectivity index (χ4n) is 4.61. The highest BCUT2D eigenvalue weighted by molar-refractivity contribution is 6.76. The van der Waals surface area contributed by atoms with Crippen LogP contribution in [0, 0.1) is 11.8 Å². The third kappa shape index (κ3) is 2.56. The molecule has 1 saturated carbocycles. The molecule has 4 unspecified atom stereocenters. The third-order valence-corrected chi connectivity index (χ3v) is 9.82. The zero-order valence-electron chi connectivity index (χ0n) is 13.3. The molecule has 0 aromatic carbocycles. The Hall–Kier alpha value is -0.383. The smallest absolute Gasteiger partial charge is 0.123 e. The number of allylic oxidation sites excluding steroid dienone is 3. The van der Waals surface area contributed by atoms with Crippen LogP contribution in [0.5, 0.6) is 0 Å². The Morgan fingerprint density at radius 2 is 1.65 bits per heavy atom. The molecule has 0 spiro atoms. The van der Waals surface area contributed by atoms with Crippen molar-refractivity contribution in [3.05, 3.63) is 24.3 Å². The van der Waals surface area contributed by atoms with Gasteiger partial charge in [0, 0.05) is 6.04 Å². The molecule has 3 rings (SSSR count). The average Bonchev–Trinajstić information content (AvgIpc) is 2.88. The number of nitrogens with one attached hydrogen (secondary N) is 1. The first kappa shape index (κ1) is 14.5. The molecule has 1 saturated heterocycles. The van der Waals surface area contributed by atoms with Gasteiger partial charge in [-0.05, 0) is 56.8 Å². The van der Waals surface area contributed by atoms with Gasteiger partial charge in [-0.1, -0.05) is 43.8 Å². The van der Waals surface area contributed by atoms with E-state index in [1.54, 1.807) is 0 Å². The summed E-state index contributed by atoms with van der Waals surface area (Å²) in [6, 6.07) is 0.798. The zero-order valence-corrected chi connectivity index (χ0v) is 14.3. The maximum Gasteiger partial charge on any atom is 0.123 e. The highest BCUT2D eigenvalue weighted by Gasteiger charge is 2.49. The van der Waals surface area contributed by atoms with Crippen LogP contribution in [0.15, 0.2) is 24.3 Å². The second kappa shape index (κ2) is 5.78. The van der Waals surface area contributed by atoms with Crippen molar-refractivity contribution in [3.8, 4) is 0 Å². The first-order valence-electron chi connectivity index (χ1n) is 8.41. The highest BCUT2D eigenvalue weighted by atomic mass is 28.3. The lowest BCUT2D eigenvalue weighted by molar-refractivity contribution is 0.142. The van der Waals surface area contributed by atoms with Crippen LogP contribution in [-0.4, -0.2) is 39.3 Å². The first-order chi connectivity index (χ1) is 9.63. The van der Waals surface area contributed by atoms with Gasteiger partial charge in [0.25, 0.3) is 0 Å². The summed E-state index contributed by atoms with van der Waals surface area (Å²) in [7, 11) is 0.859. The second-order valence-electron chi connectivity index (χ2n) is 7.40. The minimum atomic E-state index is -1.32. The van der Waals surface area contributed by atoms with Gasteiger partial charge in [0.05, 0.1) is 0 Å². The molecule has 1 N–H and O–H groups in total. The van der Waals surface area contributed by atoms with E-state index in [9.17, 15) is 0 Å². The van der Waals surface area contributed by atoms with E-state index in [1.807, 2.05) is 0 Å². The normalized spacial score (nSPS) is 38.1. The molecule has 3 heteroatoms. The predicted molar refractivity (Wildman–Crippen MR) is 89.4 cm³/mol. The summed E-state index contributed by atoms with van der Waals surface area (Å²) in [5.74, 6) is 1.55. The molecule has 0 bridgehead atoms. The minimum Gasteiger partial charge on any atom is -0.340 e. The monoisotopic (exact) mass is 290 g/mol. The van der Waals surface area contributed by atoms with E-state index < -0.39 is 8.24 Å². The summed E-state index contributed by atoms with van der Waals surface area (Å²) < 4.78 is 0. The molecule has 0 aromatic heterocycles. The number of piperidine rings is 1. The Morgan fingerprint density at radius 1 is 1.00 bits per heavy atom. The Bertz CT molecular complexity index is 396. The van der Waals surface area contributed by atoms with Gasteiger partial charge in [0.15, 0.2) is 0 Å². The Kier molecular flexibility index (Phi) is 4.20. The largest absolute Gasteiger partial charge is 0.340 e. The van der Waals surface area contributed by atoms with Crippen molar-refractivity contribution in [1.29, 1.82) is 0 Å². The van der Waals surface area contributed by atoms with E-state index >= 15 is 0 Å². The van der Waals surface area contributed by atoms with E-state index in [1.165, 1.54) is 38.8 Å². The van der Waals surface area contributed by atoms with E-state index in [-0.39, 0.29) is 0 Å². The van der Waals surface area contributed by atoms with Crippen LogP contribution in [0.25, 0.3) is 0 Å². The number of fused-ring (bicyclic) bond motifs is 1. The van der Waals surface area contributed by atoms with Crippen molar-refractivity contribution in [2.45, 2.75) is 50.4 Å². The maximum absolute atomic E-state index is 3.70. The van der Waals surface area contributed by atoms with Crippen LogP contribution in [0.1, 0.15) is 25.7 Å². The SMILES string of the molecule is CN[Si](C)(C)C1CC(N2CCCCC2)C2C=CC=CC21. The molecule has 1 heterocycles. The predicted octanol–water partition coefficient (Wildman–Crippen LogP) is 3.40. The molecule has 2 fully saturated rings. The van der Waals surface area contributed by atoms with Gasteiger partial charge in [-0.3, -0.25) is 4.90 Å². The van der Waals surface area contributed by atoms with Crippen LogP contribution in [0.2, 0.25) is 18.6 Å². The highest BCUT2D eigenvalue weighted by Crippen LogP contribution is 2.50. The molecule has 1 aliphatic heterocycles. The summed E-state index contributed by atoms with van der Waals surface area (Å²) >= 11 is 0. The summed E-state index contributed by atoms with van der Waals surface area (Å²) in [5.41, 5.74) is 0.880. The standard InChI is InChI=1S/C17H30N2Si/c1-18-20(2,3)17-13-16(19-11-7-4-8-12-19)14-9-5-6-10-15(14)17/h5-6,9-10,14-18H,4,7-8,11-13H2,1-3H3. The van der Waals surface area contributed by atoms with Gasteiger partial charge in [0.2, 0.25) is 0 Å². The van der Waals surface area contributed by atoms with Crippen molar-refractivity contribution in [3.63, 3.8) is 0 Å². The van der Waals surface area contributed by atoms with Gasteiger partial charge in [-0.2, -0.15) is 0 Å². The number of hydrogen-bond acceptors (Lipinski definition) is 2. The lowest BCUT2D eigenvalue weighted by atomic mass is 9.88. The molecule has 2 aliphatic carbocycles. The quantitative estimate of drug-likeness (QED) is 0.802. The minimum absolute atomic E-state index is 0.767. The molecular formula is C17H30N2Si. The molecule has 0 aromatic rings. The van der Waals surface area contributed by atoms with Crippen molar-refractivity contribution in [2.75, 3.05) is 20.1 Å². The topological polar surface area (TPSA) is 15.3 Å². The molecule has 20 heavy (non-hydrogen) atoms. The maximum atomic E-state index is 3.70. The molecule has 3 aliphatic rings. The Labute approximate surface area is 125 Å². The molecule has 4 atom stereocenters. The summed E-state index contributed by atoms with van der Waals surface area (Å²) in [6.45, 7) is 7.69. The van der Waals surface area contributed by atoms with Crippen molar-refractivity contribution in [1.82, 2.24) is 9.88 Å². The average molecular weight is 291 g/mol. The number of likely N-dealkylation sites (tertiary alicyclic amines) is 1. The lowest BCUT2D eigenvalue weighted by Crippen LogP contribution is -2.48. The lowest BCUT2D eigenvalue weighted by Gasteiger charge is -2.36. The zero-order chi connectivity index (χ0) is 14.2.